The Balaban J connectivity index is 2.00. The van der Waals surface area contributed by atoms with Crippen LogP contribution in [-0.2, 0) is 27.2 Å². The Kier molecular flexibility index (Phi) is 7.39. The first-order valence-corrected chi connectivity index (χ1v) is 9.22. The van der Waals surface area contributed by atoms with Crippen LogP contribution in [0.1, 0.15) is 49.8 Å². The summed E-state index contributed by atoms with van der Waals surface area (Å²) in [7, 11) is 0. The van der Waals surface area contributed by atoms with Gasteiger partial charge in [-0.3, -0.25) is 9.59 Å². The summed E-state index contributed by atoms with van der Waals surface area (Å²) in [6, 6.07) is 15.5. The molecule has 0 spiro atoms. The molecule has 1 amide bonds. The maximum Gasteiger partial charge on any atom is 0.313 e. The van der Waals surface area contributed by atoms with Gasteiger partial charge in [0.05, 0.1) is 5.92 Å². The Labute approximate surface area is 155 Å². The van der Waals surface area contributed by atoms with Crippen molar-refractivity contribution in [3.05, 3.63) is 65.2 Å². The predicted molar refractivity (Wildman–Crippen MR) is 104 cm³/mol. The van der Waals surface area contributed by atoms with E-state index in [0.717, 1.165) is 35.2 Å². The number of esters is 1. The number of aryl methyl sites for hydroxylation is 2. The highest BCUT2D eigenvalue weighted by molar-refractivity contribution is 5.94. The second-order valence-electron chi connectivity index (χ2n) is 6.19. The zero-order valence-corrected chi connectivity index (χ0v) is 15.7. The quantitative estimate of drug-likeness (QED) is 0.712. The number of hydrogen-bond donors (Lipinski definition) is 1. The molecule has 1 atom stereocenters. The summed E-state index contributed by atoms with van der Waals surface area (Å²) in [4.78, 5) is 24.7. The zero-order valence-electron chi connectivity index (χ0n) is 15.7. The minimum absolute atomic E-state index is 0.274. The third-order valence-corrected chi connectivity index (χ3v) is 4.50. The van der Waals surface area contributed by atoms with Crippen molar-refractivity contribution < 1.29 is 14.3 Å². The normalized spacial score (nSPS) is 11.7. The van der Waals surface area contributed by atoms with Crippen LogP contribution in [0.15, 0.2) is 48.5 Å². The zero-order chi connectivity index (χ0) is 18.9. The van der Waals surface area contributed by atoms with E-state index in [-0.39, 0.29) is 24.4 Å². The Bertz CT molecular complexity index is 718. The molecule has 0 fully saturated rings. The number of anilines is 1. The largest absolute Gasteiger partial charge is 0.455 e. The Morgan fingerprint density at radius 1 is 0.923 bits per heavy atom. The van der Waals surface area contributed by atoms with Crippen LogP contribution in [0.25, 0.3) is 0 Å². The molecule has 0 aliphatic carbocycles. The highest BCUT2D eigenvalue weighted by Gasteiger charge is 2.21. The van der Waals surface area contributed by atoms with Gasteiger partial charge in [0.15, 0.2) is 6.61 Å². The van der Waals surface area contributed by atoms with E-state index < -0.39 is 0 Å². The van der Waals surface area contributed by atoms with E-state index >= 15 is 0 Å². The lowest BCUT2D eigenvalue weighted by atomic mass is 9.97. The van der Waals surface area contributed by atoms with Gasteiger partial charge in [0.2, 0.25) is 0 Å². The average molecular weight is 353 g/mol. The summed E-state index contributed by atoms with van der Waals surface area (Å²) in [6.07, 6.45) is 2.29. The van der Waals surface area contributed by atoms with E-state index in [1.807, 2.05) is 55.5 Å². The van der Waals surface area contributed by atoms with Gasteiger partial charge in [0.25, 0.3) is 5.91 Å². The number of carbonyl (C=O) groups is 2. The van der Waals surface area contributed by atoms with Crippen molar-refractivity contribution in [3.63, 3.8) is 0 Å². The molecule has 0 saturated heterocycles. The molecule has 0 radical (unpaired) electrons. The molecular formula is C22H27NO3. The number of carbonyl (C=O) groups excluding carboxylic acids is 2. The molecule has 4 nitrogen and oxygen atoms in total. The number of para-hydroxylation sites is 1. The summed E-state index contributed by atoms with van der Waals surface area (Å²) >= 11 is 0. The van der Waals surface area contributed by atoms with E-state index in [9.17, 15) is 9.59 Å². The topological polar surface area (TPSA) is 55.4 Å². The van der Waals surface area contributed by atoms with E-state index in [1.165, 1.54) is 0 Å². The van der Waals surface area contributed by atoms with Gasteiger partial charge in [0, 0.05) is 5.69 Å². The maximum absolute atomic E-state index is 12.4. The van der Waals surface area contributed by atoms with Crippen LogP contribution in [0.3, 0.4) is 0 Å². The van der Waals surface area contributed by atoms with Gasteiger partial charge in [0.1, 0.15) is 0 Å². The summed E-state index contributed by atoms with van der Waals surface area (Å²) in [5, 5.41) is 2.92. The lowest BCUT2D eigenvalue weighted by Gasteiger charge is -2.16. The lowest BCUT2D eigenvalue weighted by molar-refractivity contribution is -0.149. The molecule has 0 unspecified atom stereocenters. The Hall–Kier alpha value is -2.62. The van der Waals surface area contributed by atoms with Crippen LogP contribution in [-0.4, -0.2) is 18.5 Å². The summed E-state index contributed by atoms with van der Waals surface area (Å²) < 4.78 is 5.28. The van der Waals surface area contributed by atoms with Crippen LogP contribution in [0.2, 0.25) is 0 Å². The smallest absolute Gasteiger partial charge is 0.313 e. The number of nitrogens with one attached hydrogen (secondary N) is 1. The van der Waals surface area contributed by atoms with Gasteiger partial charge in [-0.05, 0) is 36.0 Å². The van der Waals surface area contributed by atoms with Gasteiger partial charge in [-0.2, -0.15) is 0 Å². The SMILES string of the molecule is CCc1cccc(CC)c1NC(=O)COC(=O)[C@@H](CC)c1ccccc1. The van der Waals surface area contributed by atoms with Crippen LogP contribution >= 0.6 is 0 Å². The van der Waals surface area contributed by atoms with E-state index in [0.29, 0.717) is 6.42 Å². The fourth-order valence-electron chi connectivity index (χ4n) is 3.04. The molecule has 0 heterocycles. The average Bonchev–Trinajstić information content (AvgIpc) is 2.68. The first-order valence-electron chi connectivity index (χ1n) is 9.22. The molecule has 26 heavy (non-hydrogen) atoms. The monoisotopic (exact) mass is 353 g/mol. The van der Waals surface area contributed by atoms with E-state index in [2.05, 4.69) is 19.2 Å². The summed E-state index contributed by atoms with van der Waals surface area (Å²) in [6.45, 7) is 5.76. The van der Waals surface area contributed by atoms with Crippen molar-refractivity contribution in [1.82, 2.24) is 0 Å². The molecule has 2 aromatic rings. The fourth-order valence-corrected chi connectivity index (χ4v) is 3.04. The van der Waals surface area contributed by atoms with Gasteiger partial charge >= 0.3 is 5.97 Å². The van der Waals surface area contributed by atoms with E-state index in [4.69, 9.17) is 4.74 Å². The highest BCUT2D eigenvalue weighted by Crippen LogP contribution is 2.23. The summed E-state index contributed by atoms with van der Waals surface area (Å²) in [5.41, 5.74) is 3.91. The minimum Gasteiger partial charge on any atom is -0.455 e. The number of benzene rings is 2. The van der Waals surface area contributed by atoms with Crippen molar-refractivity contribution in [1.29, 1.82) is 0 Å². The number of amides is 1. The third kappa shape index (κ3) is 4.94. The molecule has 4 heteroatoms. The third-order valence-electron chi connectivity index (χ3n) is 4.50. The Morgan fingerprint density at radius 2 is 1.54 bits per heavy atom. The van der Waals surface area contributed by atoms with Crippen LogP contribution < -0.4 is 5.32 Å². The second-order valence-corrected chi connectivity index (χ2v) is 6.19. The number of ether oxygens (including phenoxy) is 1. The molecule has 0 saturated carbocycles. The molecule has 1 N–H and O–H groups in total. The molecule has 0 bridgehead atoms. The number of rotatable bonds is 8. The van der Waals surface area contributed by atoms with E-state index in [1.54, 1.807) is 0 Å². The molecule has 2 rings (SSSR count). The first kappa shape index (κ1) is 19.7. The predicted octanol–water partition coefficient (Wildman–Crippen LogP) is 4.49. The fraction of sp³-hybridized carbons (Fsp3) is 0.364. The van der Waals surface area contributed by atoms with Crippen molar-refractivity contribution in [2.45, 2.75) is 46.0 Å². The summed E-state index contributed by atoms with van der Waals surface area (Å²) in [5.74, 6) is -1.02. The molecule has 0 aliphatic rings. The van der Waals surface area contributed by atoms with Crippen molar-refractivity contribution >= 4 is 17.6 Å². The van der Waals surface area contributed by atoms with Gasteiger partial charge in [-0.15, -0.1) is 0 Å². The standard InChI is InChI=1S/C22H27NO3/c1-4-16-13-10-14-17(5-2)21(16)23-20(24)15-26-22(25)19(6-3)18-11-8-7-9-12-18/h7-14,19H,4-6,15H2,1-3H3,(H,23,24)/t19-/m0/s1. The molecular weight excluding hydrogens is 326 g/mol. The van der Waals surface area contributed by atoms with Gasteiger partial charge < -0.3 is 10.1 Å². The van der Waals surface area contributed by atoms with Gasteiger partial charge in [-0.25, -0.2) is 0 Å². The van der Waals surface area contributed by atoms with Crippen molar-refractivity contribution in [2.24, 2.45) is 0 Å². The van der Waals surface area contributed by atoms with Crippen LogP contribution in [0.5, 0.6) is 0 Å². The van der Waals surface area contributed by atoms with Crippen LogP contribution in [0, 0.1) is 0 Å². The molecule has 0 aliphatic heterocycles. The second kappa shape index (κ2) is 9.76. The Morgan fingerprint density at radius 3 is 2.08 bits per heavy atom. The molecule has 0 aromatic heterocycles. The molecule has 138 valence electrons. The molecule has 2 aromatic carbocycles. The van der Waals surface area contributed by atoms with Gasteiger partial charge in [-0.1, -0.05) is 69.3 Å². The maximum atomic E-state index is 12.4. The first-order chi connectivity index (χ1) is 12.6. The highest BCUT2D eigenvalue weighted by atomic mass is 16.5. The minimum atomic E-state index is -0.367. The van der Waals surface area contributed by atoms with Crippen molar-refractivity contribution in [3.8, 4) is 0 Å². The van der Waals surface area contributed by atoms with Crippen LogP contribution in [0.4, 0.5) is 5.69 Å². The number of hydrogen-bond acceptors (Lipinski definition) is 3. The van der Waals surface area contributed by atoms with Crippen molar-refractivity contribution in [2.75, 3.05) is 11.9 Å². The lowest BCUT2D eigenvalue weighted by Crippen LogP contribution is -2.24.